The predicted octanol–water partition coefficient (Wildman–Crippen LogP) is 9.36. The number of unbranched alkanes of at least 4 members (excludes halogenated alkanes) is 5. The van der Waals surface area contributed by atoms with Gasteiger partial charge in [-0.1, -0.05) is 59.1 Å². The number of thiol groups is 1. The highest BCUT2D eigenvalue weighted by molar-refractivity contribution is 7.90. The molecule has 27 heteroatoms. The van der Waals surface area contributed by atoms with Crippen molar-refractivity contribution in [2.24, 2.45) is 0 Å². The first-order valence-electron chi connectivity index (χ1n) is 15.9. The van der Waals surface area contributed by atoms with Crippen LogP contribution in [0.1, 0.15) is 59.3 Å². The van der Waals surface area contributed by atoms with Crippen LogP contribution in [0.5, 0.6) is 0 Å². The van der Waals surface area contributed by atoms with Crippen molar-refractivity contribution in [1.29, 1.82) is 0 Å². The lowest BCUT2D eigenvalue weighted by atomic mass is 9.91. The van der Waals surface area contributed by atoms with Crippen molar-refractivity contribution in [3.8, 4) is 0 Å². The van der Waals surface area contributed by atoms with Gasteiger partial charge in [0.05, 0.1) is 6.61 Å². The van der Waals surface area contributed by atoms with E-state index in [0.717, 1.165) is 18.8 Å². The maximum absolute atomic E-state index is 14.2. The van der Waals surface area contributed by atoms with E-state index in [1.165, 1.54) is 38.5 Å². The molecule has 0 aliphatic carbocycles. The van der Waals surface area contributed by atoms with E-state index < -0.39 is 98.5 Å². The normalized spacial score (nSPS) is 13.5. The number of methoxy groups -OCH3 is 1. The number of nitrogens with zero attached hydrogens (tertiary/aromatic N) is 1. The van der Waals surface area contributed by atoms with Crippen molar-refractivity contribution < 1.29 is 107 Å². The van der Waals surface area contributed by atoms with Crippen molar-refractivity contribution in [3.05, 3.63) is 24.8 Å². The summed E-state index contributed by atoms with van der Waals surface area (Å²) in [4.78, 5) is 21.5. The van der Waals surface area contributed by atoms with Gasteiger partial charge in [0.15, 0.2) is 0 Å². The molecule has 340 valence electrons. The van der Waals surface area contributed by atoms with Gasteiger partial charge in [-0.15, -0.1) is 0 Å². The zero-order valence-electron chi connectivity index (χ0n) is 30.6. The first-order chi connectivity index (χ1) is 25.5. The molecule has 0 fully saturated rings. The molecular weight excluding hydrogens is 873 g/mol. The fourth-order valence-corrected chi connectivity index (χ4v) is 5.12. The number of carbonyl (C=O) groups excluding carboxylic acids is 2. The second-order valence-electron chi connectivity index (χ2n) is 11.2. The van der Waals surface area contributed by atoms with E-state index in [1.807, 2.05) is 0 Å². The summed E-state index contributed by atoms with van der Waals surface area (Å²) in [6, 6.07) is 0. The lowest BCUT2D eigenvalue weighted by Gasteiger charge is -2.43. The van der Waals surface area contributed by atoms with E-state index >= 15 is 0 Å². The molecule has 0 amide bonds. The average Bonchev–Trinajstić information content (AvgIpc) is 3.09. The number of halogens is 17. The predicted molar refractivity (Wildman–Crippen MR) is 173 cm³/mol. The van der Waals surface area contributed by atoms with Gasteiger partial charge in [0.2, 0.25) is 0 Å². The SMILES string of the molecule is C=C(C)C(=O)OCCN(CC)S(=O)(=O)C(F)(F)C(F)(F)C(F)(F)C(F)(F)C(F)(F)C(F)(F)C(F)(F)C(F)(F)F.C=CC(=O)OCCOC.CCCCCCCCS. The number of esters is 2. The first kappa shape index (κ1) is 58.8. The van der Waals surface area contributed by atoms with Gasteiger partial charge < -0.3 is 14.2 Å². The molecule has 0 unspecified atom stereocenters. The number of hydrogen-bond acceptors (Lipinski definition) is 8. The number of ether oxygens (including phenoxy) is 3. The summed E-state index contributed by atoms with van der Waals surface area (Å²) in [5.41, 5.74) is -0.409. The molecule has 0 spiro atoms. The van der Waals surface area contributed by atoms with Crippen molar-refractivity contribution in [2.75, 3.05) is 45.8 Å². The quantitative estimate of drug-likeness (QED) is 0.0359. The molecule has 0 aromatic rings. The molecule has 0 heterocycles. The third-order valence-electron chi connectivity index (χ3n) is 6.84. The number of alkyl halides is 17. The molecule has 0 radical (unpaired) electrons. The van der Waals surface area contributed by atoms with Gasteiger partial charge in [-0.05, 0) is 19.1 Å². The smallest absolute Gasteiger partial charge is 0.460 e. The highest BCUT2D eigenvalue weighted by Gasteiger charge is 2.96. The molecule has 0 bridgehead atoms. The van der Waals surface area contributed by atoms with Crippen LogP contribution in [0, 0.1) is 0 Å². The largest absolute Gasteiger partial charge is 0.461 e. The summed E-state index contributed by atoms with van der Waals surface area (Å²) in [5, 5.41) is -7.67. The van der Waals surface area contributed by atoms with Crippen LogP contribution in [0.4, 0.5) is 74.6 Å². The monoisotopic (exact) mass is 915 g/mol. The van der Waals surface area contributed by atoms with Crippen LogP contribution in [0.2, 0.25) is 0 Å². The Balaban J connectivity index is -0.00000132. The number of carbonyl (C=O) groups is 2. The fraction of sp³-hybridized carbons (Fsp3) is 0.800. The van der Waals surface area contributed by atoms with E-state index in [-0.39, 0.29) is 0 Å². The Bertz CT molecular complexity index is 1370. The van der Waals surface area contributed by atoms with Crippen LogP contribution in [0.3, 0.4) is 0 Å². The molecule has 0 rings (SSSR count). The minimum absolute atomic E-state index is 0.293. The highest BCUT2D eigenvalue weighted by Crippen LogP contribution is 2.64. The highest BCUT2D eigenvalue weighted by atomic mass is 32.2. The van der Waals surface area contributed by atoms with Crippen LogP contribution in [-0.4, -0.2) is 117 Å². The Morgan fingerprint density at radius 3 is 1.46 bits per heavy atom. The number of sulfonamides is 1. The fourth-order valence-electron chi connectivity index (χ4n) is 3.46. The second kappa shape index (κ2) is 23.3. The molecule has 8 nitrogen and oxygen atoms in total. The van der Waals surface area contributed by atoms with E-state index in [9.17, 15) is 92.6 Å². The first-order valence-corrected chi connectivity index (χ1v) is 18.0. The Hall–Kier alpha value is -2.55. The number of rotatable bonds is 23. The van der Waals surface area contributed by atoms with Crippen LogP contribution in [0.15, 0.2) is 24.8 Å². The maximum Gasteiger partial charge on any atom is 0.460 e. The van der Waals surface area contributed by atoms with E-state index in [2.05, 4.69) is 46.9 Å². The van der Waals surface area contributed by atoms with Crippen molar-refractivity contribution in [1.82, 2.24) is 4.31 Å². The Kier molecular flexibility index (Phi) is 24.0. The van der Waals surface area contributed by atoms with Gasteiger partial charge in [0, 0.05) is 31.8 Å². The lowest BCUT2D eigenvalue weighted by molar-refractivity contribution is -0.458. The minimum Gasteiger partial charge on any atom is -0.461 e. The number of likely N-dealkylation sites (N-methyl/N-ethyl adjacent to an activating group) is 1. The molecule has 0 aromatic heterocycles. The molecule has 0 aliphatic rings. The molecule has 0 atom stereocenters. The van der Waals surface area contributed by atoms with Gasteiger partial charge in [-0.25, -0.2) is 18.0 Å². The zero-order valence-corrected chi connectivity index (χ0v) is 32.3. The Morgan fingerprint density at radius 2 is 1.09 bits per heavy atom. The summed E-state index contributed by atoms with van der Waals surface area (Å²) in [5.74, 6) is -52.7. The molecule has 0 saturated carbocycles. The summed E-state index contributed by atoms with van der Waals surface area (Å²) in [6.45, 7) is 6.30. The van der Waals surface area contributed by atoms with Crippen LogP contribution >= 0.6 is 12.6 Å². The van der Waals surface area contributed by atoms with E-state index in [1.54, 1.807) is 7.11 Å². The Morgan fingerprint density at radius 1 is 0.667 bits per heavy atom. The average molecular weight is 916 g/mol. The van der Waals surface area contributed by atoms with Gasteiger partial charge >= 0.3 is 58.9 Å². The van der Waals surface area contributed by atoms with Crippen LogP contribution in [0.25, 0.3) is 0 Å². The van der Waals surface area contributed by atoms with E-state index in [0.29, 0.717) is 20.1 Å². The maximum atomic E-state index is 14.2. The minimum atomic E-state index is -8.91. The molecular formula is C30H42F17NO7S2. The zero-order chi connectivity index (χ0) is 46.1. The van der Waals surface area contributed by atoms with Gasteiger partial charge in [0.25, 0.3) is 10.0 Å². The third-order valence-corrected chi connectivity index (χ3v) is 9.18. The molecule has 0 N–H and O–H groups in total. The van der Waals surface area contributed by atoms with Crippen LogP contribution < -0.4 is 0 Å². The van der Waals surface area contributed by atoms with Crippen molar-refractivity contribution in [2.45, 2.75) is 106 Å². The van der Waals surface area contributed by atoms with Gasteiger partial charge in [0.1, 0.15) is 13.2 Å². The van der Waals surface area contributed by atoms with Gasteiger partial charge in [-0.3, -0.25) is 0 Å². The lowest BCUT2D eigenvalue weighted by Crippen LogP contribution is -2.75. The summed E-state index contributed by atoms with van der Waals surface area (Å²) in [7, 11) is -5.90. The topological polar surface area (TPSA) is 99.2 Å². The molecule has 0 aliphatic heterocycles. The standard InChI is InChI=1S/C16H14F17NO4S.C8H18S.C6H10O3/c1-4-34(5-6-38-8(35)7(2)3)39(36,37)16(32,33)14(27,28)12(23,24)10(19,20)9(17,18)11(21,22)13(25,26)15(29,30)31;1-2-3-4-5-6-7-8-9;1-3-6(7)9-5-4-8-2/h2,4-6H2,1,3H3;9H,2-8H2,1H3;3H,1,4-5H2,2H3. The van der Waals surface area contributed by atoms with Crippen molar-refractivity contribution in [3.63, 3.8) is 0 Å². The third kappa shape index (κ3) is 14.0. The van der Waals surface area contributed by atoms with Crippen LogP contribution in [-0.2, 0) is 33.8 Å². The van der Waals surface area contributed by atoms with E-state index in [4.69, 9.17) is 0 Å². The summed E-state index contributed by atoms with van der Waals surface area (Å²) < 4.78 is 263. The van der Waals surface area contributed by atoms with Crippen molar-refractivity contribution >= 4 is 34.6 Å². The molecule has 57 heavy (non-hydrogen) atoms. The van der Waals surface area contributed by atoms with Gasteiger partial charge in [-0.2, -0.15) is 91.6 Å². The molecule has 0 saturated heterocycles. The Labute approximate surface area is 322 Å². The molecule has 0 aromatic carbocycles. The number of hydrogen-bond donors (Lipinski definition) is 1. The summed E-state index contributed by atoms with van der Waals surface area (Å²) >= 11 is 4.15. The second-order valence-corrected chi connectivity index (χ2v) is 13.7. The summed E-state index contributed by atoms with van der Waals surface area (Å²) in [6.07, 6.45) is 1.48.